The zero-order valence-corrected chi connectivity index (χ0v) is 7.71. The number of amides is 1. The van der Waals surface area contributed by atoms with Crippen LogP contribution in [0.4, 0.5) is 5.88 Å². The Balaban J connectivity index is 2.14. The fourth-order valence-electron chi connectivity index (χ4n) is 1.27. The third kappa shape index (κ3) is 1.82. The van der Waals surface area contributed by atoms with Gasteiger partial charge >= 0.3 is 11.8 Å². The summed E-state index contributed by atoms with van der Waals surface area (Å²) in [4.78, 5) is 26.2. The highest BCUT2D eigenvalue weighted by Gasteiger charge is 2.25. The normalized spacial score (nSPS) is 15.6. The van der Waals surface area contributed by atoms with E-state index in [9.17, 15) is 14.9 Å². The van der Waals surface area contributed by atoms with Crippen LogP contribution in [0.1, 0.15) is 17.0 Å². The molecular formula is C8H8N2O5. The topological polar surface area (TPSA) is 85.8 Å². The Labute approximate surface area is 84.3 Å². The van der Waals surface area contributed by atoms with E-state index in [-0.39, 0.29) is 5.76 Å². The first-order valence-corrected chi connectivity index (χ1v) is 4.37. The van der Waals surface area contributed by atoms with Crippen molar-refractivity contribution in [2.24, 2.45) is 0 Å². The van der Waals surface area contributed by atoms with Gasteiger partial charge in [-0.05, 0) is 12.5 Å². The maximum Gasteiger partial charge on any atom is 0.433 e. The van der Waals surface area contributed by atoms with Gasteiger partial charge in [0.2, 0.25) is 5.76 Å². The van der Waals surface area contributed by atoms with Crippen LogP contribution in [-0.2, 0) is 4.84 Å². The second kappa shape index (κ2) is 3.70. The van der Waals surface area contributed by atoms with E-state index in [1.165, 1.54) is 6.07 Å². The number of carbonyl (C=O) groups excluding carboxylic acids is 1. The van der Waals surface area contributed by atoms with Crippen LogP contribution in [0.2, 0.25) is 0 Å². The van der Waals surface area contributed by atoms with E-state index in [1.807, 2.05) is 0 Å². The van der Waals surface area contributed by atoms with E-state index in [4.69, 9.17) is 9.25 Å². The maximum atomic E-state index is 11.6. The summed E-state index contributed by atoms with van der Waals surface area (Å²) in [5.41, 5.74) is 0. The Morgan fingerprint density at radius 2 is 2.33 bits per heavy atom. The molecule has 1 aliphatic heterocycles. The molecule has 7 heteroatoms. The Morgan fingerprint density at radius 1 is 1.53 bits per heavy atom. The fourth-order valence-corrected chi connectivity index (χ4v) is 1.27. The summed E-state index contributed by atoms with van der Waals surface area (Å²) in [5.74, 6) is -1.01. The molecule has 0 atom stereocenters. The van der Waals surface area contributed by atoms with Crippen molar-refractivity contribution in [1.29, 1.82) is 0 Å². The lowest BCUT2D eigenvalue weighted by atomic mass is 10.4. The van der Waals surface area contributed by atoms with Crippen molar-refractivity contribution >= 4 is 11.8 Å². The van der Waals surface area contributed by atoms with Crippen LogP contribution in [0.25, 0.3) is 0 Å². The number of nitro groups is 1. The summed E-state index contributed by atoms with van der Waals surface area (Å²) in [6.07, 6.45) is 0.758. The summed E-state index contributed by atoms with van der Waals surface area (Å²) in [5, 5.41) is 11.5. The summed E-state index contributed by atoms with van der Waals surface area (Å²) < 4.78 is 4.75. The molecule has 1 saturated heterocycles. The van der Waals surface area contributed by atoms with Crippen molar-refractivity contribution in [2.45, 2.75) is 6.42 Å². The van der Waals surface area contributed by atoms with Gasteiger partial charge in [0.15, 0.2) is 0 Å². The monoisotopic (exact) mass is 212 g/mol. The minimum Gasteiger partial charge on any atom is -0.395 e. The molecule has 0 bridgehead atoms. The van der Waals surface area contributed by atoms with Crippen molar-refractivity contribution in [2.75, 3.05) is 13.2 Å². The Bertz CT molecular complexity index is 393. The minimum absolute atomic E-state index is 0.0800. The van der Waals surface area contributed by atoms with Gasteiger partial charge in [0.1, 0.15) is 4.92 Å². The van der Waals surface area contributed by atoms with E-state index in [1.54, 1.807) is 0 Å². The highest BCUT2D eigenvalue weighted by atomic mass is 16.7. The van der Waals surface area contributed by atoms with Crippen LogP contribution in [0.5, 0.6) is 0 Å². The van der Waals surface area contributed by atoms with Crippen LogP contribution >= 0.6 is 0 Å². The van der Waals surface area contributed by atoms with Gasteiger partial charge < -0.3 is 4.42 Å². The molecule has 0 aromatic carbocycles. The third-order valence-electron chi connectivity index (χ3n) is 1.96. The van der Waals surface area contributed by atoms with Gasteiger partial charge in [0.05, 0.1) is 19.2 Å². The van der Waals surface area contributed by atoms with Crippen molar-refractivity contribution in [3.63, 3.8) is 0 Å². The third-order valence-corrected chi connectivity index (χ3v) is 1.96. The van der Waals surface area contributed by atoms with Crippen molar-refractivity contribution < 1.29 is 19.0 Å². The van der Waals surface area contributed by atoms with Crippen LogP contribution in [-0.4, -0.2) is 29.0 Å². The first kappa shape index (κ1) is 9.66. The van der Waals surface area contributed by atoms with Crippen molar-refractivity contribution in [3.8, 4) is 0 Å². The van der Waals surface area contributed by atoms with Crippen molar-refractivity contribution in [1.82, 2.24) is 5.06 Å². The fraction of sp³-hybridized carbons (Fsp3) is 0.375. The van der Waals surface area contributed by atoms with Gasteiger partial charge in [-0.3, -0.25) is 19.7 Å². The molecule has 0 radical (unpaired) electrons. The lowest BCUT2D eigenvalue weighted by Gasteiger charge is -2.10. The lowest BCUT2D eigenvalue weighted by Crippen LogP contribution is -2.25. The molecule has 0 N–H and O–H groups in total. The molecule has 1 aromatic rings. The average molecular weight is 212 g/mol. The van der Waals surface area contributed by atoms with Crippen molar-refractivity contribution in [3.05, 3.63) is 28.0 Å². The molecule has 1 fully saturated rings. The molecule has 2 rings (SSSR count). The number of furan rings is 1. The van der Waals surface area contributed by atoms with Gasteiger partial charge in [-0.1, -0.05) is 0 Å². The molecule has 0 spiro atoms. The largest absolute Gasteiger partial charge is 0.433 e. The molecule has 2 heterocycles. The van der Waals surface area contributed by atoms with Crippen LogP contribution < -0.4 is 0 Å². The molecule has 1 aromatic heterocycles. The molecular weight excluding hydrogens is 204 g/mol. The number of hydrogen-bond acceptors (Lipinski definition) is 5. The van der Waals surface area contributed by atoms with E-state index < -0.39 is 16.7 Å². The molecule has 80 valence electrons. The predicted molar refractivity (Wildman–Crippen MR) is 47.0 cm³/mol. The second-order valence-corrected chi connectivity index (χ2v) is 2.99. The summed E-state index contributed by atoms with van der Waals surface area (Å²) in [7, 11) is 0. The summed E-state index contributed by atoms with van der Waals surface area (Å²) in [6.45, 7) is 0.960. The van der Waals surface area contributed by atoms with E-state index >= 15 is 0 Å². The Morgan fingerprint density at radius 3 is 2.87 bits per heavy atom. The van der Waals surface area contributed by atoms with Gasteiger partial charge in [-0.25, -0.2) is 5.06 Å². The average Bonchev–Trinajstić information content (AvgIpc) is 2.88. The zero-order chi connectivity index (χ0) is 10.8. The number of nitrogens with zero attached hydrogens (tertiary/aromatic N) is 2. The van der Waals surface area contributed by atoms with E-state index in [0.717, 1.165) is 17.6 Å². The zero-order valence-electron chi connectivity index (χ0n) is 7.71. The van der Waals surface area contributed by atoms with Gasteiger partial charge in [-0.2, -0.15) is 0 Å². The maximum absolute atomic E-state index is 11.6. The molecule has 15 heavy (non-hydrogen) atoms. The highest BCUT2D eigenvalue weighted by molar-refractivity contribution is 5.91. The van der Waals surface area contributed by atoms with Crippen LogP contribution in [0.15, 0.2) is 16.5 Å². The number of rotatable bonds is 2. The first-order chi connectivity index (χ1) is 7.18. The molecule has 7 nitrogen and oxygen atoms in total. The molecule has 0 saturated carbocycles. The SMILES string of the molecule is O=C(c1ccc([N+](=O)[O-])o1)N1CCCO1. The lowest BCUT2D eigenvalue weighted by molar-refractivity contribution is -0.402. The number of hydroxylamine groups is 2. The summed E-state index contributed by atoms with van der Waals surface area (Å²) >= 11 is 0. The van der Waals surface area contributed by atoms with E-state index in [2.05, 4.69) is 0 Å². The standard InChI is InChI=1S/C8H8N2O5/c11-8(9-4-1-5-14-9)6-2-3-7(15-6)10(12)13/h2-3H,1,4-5H2. The van der Waals surface area contributed by atoms with Gasteiger partial charge in [0.25, 0.3) is 0 Å². The predicted octanol–water partition coefficient (Wildman–Crippen LogP) is 0.965. The molecule has 1 aliphatic rings. The smallest absolute Gasteiger partial charge is 0.395 e. The Hall–Kier alpha value is -1.89. The molecule has 0 aliphatic carbocycles. The number of hydrogen-bond donors (Lipinski definition) is 0. The molecule has 0 unspecified atom stereocenters. The van der Waals surface area contributed by atoms with E-state index in [0.29, 0.717) is 13.2 Å². The van der Waals surface area contributed by atoms with Gasteiger partial charge in [-0.15, -0.1) is 0 Å². The quantitative estimate of drug-likeness (QED) is 0.538. The second-order valence-electron chi connectivity index (χ2n) is 2.99. The highest BCUT2D eigenvalue weighted by Crippen LogP contribution is 2.18. The molecule has 1 amide bonds. The Kier molecular flexibility index (Phi) is 2.38. The van der Waals surface area contributed by atoms with Gasteiger partial charge in [0, 0.05) is 0 Å². The number of carbonyl (C=O) groups is 1. The van der Waals surface area contributed by atoms with Crippen LogP contribution in [0, 0.1) is 10.1 Å². The summed E-state index contributed by atoms with van der Waals surface area (Å²) in [6, 6.07) is 2.41. The first-order valence-electron chi connectivity index (χ1n) is 4.37. The minimum atomic E-state index is -0.693. The van der Waals surface area contributed by atoms with Crippen LogP contribution in [0.3, 0.4) is 0 Å².